The first-order valence-corrected chi connectivity index (χ1v) is 8.44. The van der Waals surface area contributed by atoms with Gasteiger partial charge in [-0.2, -0.15) is 5.26 Å². The maximum Gasteiger partial charge on any atom is 0.234 e. The molecule has 1 aromatic rings. The van der Waals surface area contributed by atoms with E-state index in [1.807, 2.05) is 19.9 Å². The van der Waals surface area contributed by atoms with Crippen molar-refractivity contribution in [2.45, 2.75) is 32.9 Å². The topological polar surface area (TPSA) is 59.4 Å². The minimum atomic E-state index is -0.274. The summed E-state index contributed by atoms with van der Waals surface area (Å²) >= 11 is 0. The molecule has 1 fully saturated rings. The van der Waals surface area contributed by atoms with E-state index >= 15 is 0 Å². The zero-order chi connectivity index (χ0) is 17.5. The van der Waals surface area contributed by atoms with Gasteiger partial charge in [0.2, 0.25) is 5.91 Å². The van der Waals surface area contributed by atoms with E-state index in [-0.39, 0.29) is 17.8 Å². The van der Waals surface area contributed by atoms with Crippen molar-refractivity contribution < 1.29 is 9.18 Å². The van der Waals surface area contributed by atoms with Crippen molar-refractivity contribution in [1.82, 2.24) is 15.1 Å². The number of carbonyl (C=O) groups is 1. The van der Waals surface area contributed by atoms with Crippen molar-refractivity contribution in [3.05, 3.63) is 35.1 Å². The van der Waals surface area contributed by atoms with Gasteiger partial charge in [-0.15, -0.1) is 0 Å². The van der Waals surface area contributed by atoms with Gasteiger partial charge in [-0.05, 0) is 31.5 Å². The van der Waals surface area contributed by atoms with E-state index in [2.05, 4.69) is 15.1 Å². The molecule has 0 bridgehead atoms. The number of hydrogen-bond acceptors (Lipinski definition) is 4. The summed E-state index contributed by atoms with van der Waals surface area (Å²) in [5, 5.41) is 11.9. The van der Waals surface area contributed by atoms with Crippen molar-refractivity contribution in [3.8, 4) is 6.07 Å². The lowest BCUT2D eigenvalue weighted by Gasteiger charge is -2.34. The van der Waals surface area contributed by atoms with E-state index in [1.54, 1.807) is 6.07 Å². The molecule has 5 nitrogen and oxygen atoms in total. The van der Waals surface area contributed by atoms with Gasteiger partial charge in [0.15, 0.2) is 0 Å². The second kappa shape index (κ2) is 8.76. The van der Waals surface area contributed by atoms with Gasteiger partial charge >= 0.3 is 0 Å². The van der Waals surface area contributed by atoms with E-state index in [4.69, 9.17) is 5.26 Å². The maximum atomic E-state index is 13.9. The highest BCUT2D eigenvalue weighted by molar-refractivity contribution is 5.78. The number of hydrogen-bond donors (Lipinski definition) is 1. The van der Waals surface area contributed by atoms with Gasteiger partial charge in [-0.1, -0.05) is 6.92 Å². The van der Waals surface area contributed by atoms with Crippen LogP contribution >= 0.6 is 0 Å². The highest BCUT2D eigenvalue weighted by Gasteiger charge is 2.20. The molecule has 1 atom stereocenters. The van der Waals surface area contributed by atoms with E-state index in [0.29, 0.717) is 24.2 Å². The highest BCUT2D eigenvalue weighted by atomic mass is 19.1. The standard InChI is InChI=1S/C18H25FN4O/c1-3-14(2)21-18(24)13-23-8-6-22(7-9-23)12-16-10-15(11-20)4-5-17(16)19/h4-5,10,14H,3,6-9,12-13H2,1-2H3,(H,21,24). The normalized spacial score (nSPS) is 17.2. The van der Waals surface area contributed by atoms with E-state index in [0.717, 1.165) is 32.6 Å². The van der Waals surface area contributed by atoms with Crippen LogP contribution in [0.25, 0.3) is 0 Å². The second-order valence-electron chi connectivity index (χ2n) is 6.35. The van der Waals surface area contributed by atoms with Crippen LogP contribution in [0, 0.1) is 17.1 Å². The van der Waals surface area contributed by atoms with Gasteiger partial charge in [-0.3, -0.25) is 14.6 Å². The lowest BCUT2D eigenvalue weighted by Crippen LogP contribution is -2.49. The number of rotatable bonds is 6. The Labute approximate surface area is 143 Å². The fraction of sp³-hybridized carbons (Fsp3) is 0.556. The maximum absolute atomic E-state index is 13.9. The molecule has 1 aromatic carbocycles. The molecule has 2 rings (SSSR count). The summed E-state index contributed by atoms with van der Waals surface area (Å²) in [6.45, 7) is 8.09. The molecule has 0 radical (unpaired) electrons. The predicted molar refractivity (Wildman–Crippen MR) is 90.7 cm³/mol. The van der Waals surface area contributed by atoms with Crippen LogP contribution in [-0.2, 0) is 11.3 Å². The molecule has 6 heteroatoms. The molecule has 0 aliphatic carbocycles. The Kier molecular flexibility index (Phi) is 6.71. The molecule has 0 spiro atoms. The minimum Gasteiger partial charge on any atom is -0.353 e. The molecule has 1 amide bonds. The van der Waals surface area contributed by atoms with Crippen LogP contribution in [0.15, 0.2) is 18.2 Å². The van der Waals surface area contributed by atoms with Crippen LogP contribution in [-0.4, -0.2) is 54.5 Å². The number of nitrogens with zero attached hydrogens (tertiary/aromatic N) is 3. The number of piperazine rings is 1. The molecule has 1 aliphatic rings. The zero-order valence-corrected chi connectivity index (χ0v) is 14.4. The molecule has 130 valence electrons. The van der Waals surface area contributed by atoms with Gasteiger partial charge in [0.25, 0.3) is 0 Å². The Morgan fingerprint density at radius 3 is 2.62 bits per heavy atom. The Morgan fingerprint density at radius 1 is 1.33 bits per heavy atom. The first-order valence-electron chi connectivity index (χ1n) is 8.44. The van der Waals surface area contributed by atoms with Crippen LogP contribution in [0.2, 0.25) is 0 Å². The van der Waals surface area contributed by atoms with Crippen LogP contribution in [0.1, 0.15) is 31.4 Å². The highest BCUT2D eigenvalue weighted by Crippen LogP contribution is 2.14. The molecule has 1 heterocycles. The summed E-state index contributed by atoms with van der Waals surface area (Å²) in [7, 11) is 0. The third-order valence-corrected chi connectivity index (χ3v) is 4.42. The number of benzene rings is 1. The average molecular weight is 332 g/mol. The number of nitriles is 1. The summed E-state index contributed by atoms with van der Waals surface area (Å²) in [5.74, 6) is -0.213. The molecule has 1 aliphatic heterocycles. The number of amides is 1. The lowest BCUT2D eigenvalue weighted by atomic mass is 10.1. The number of carbonyl (C=O) groups excluding carboxylic acids is 1. The second-order valence-corrected chi connectivity index (χ2v) is 6.35. The Balaban J connectivity index is 1.81. The van der Waals surface area contributed by atoms with Crippen LogP contribution in [0.3, 0.4) is 0 Å². The fourth-order valence-electron chi connectivity index (χ4n) is 2.74. The molecule has 1 N–H and O–H groups in total. The molecule has 1 saturated heterocycles. The van der Waals surface area contributed by atoms with Gasteiger partial charge in [0, 0.05) is 44.3 Å². The largest absolute Gasteiger partial charge is 0.353 e. The van der Waals surface area contributed by atoms with Gasteiger partial charge in [0.1, 0.15) is 5.82 Å². The summed E-state index contributed by atoms with van der Waals surface area (Å²) in [4.78, 5) is 16.2. The Morgan fingerprint density at radius 2 is 2.00 bits per heavy atom. The zero-order valence-electron chi connectivity index (χ0n) is 14.4. The van der Waals surface area contributed by atoms with Crippen molar-refractivity contribution in [2.24, 2.45) is 0 Å². The summed E-state index contributed by atoms with van der Waals surface area (Å²) in [5.41, 5.74) is 1.03. The van der Waals surface area contributed by atoms with Crippen molar-refractivity contribution >= 4 is 5.91 Å². The average Bonchev–Trinajstić information content (AvgIpc) is 2.58. The molecule has 1 unspecified atom stereocenters. The van der Waals surface area contributed by atoms with Gasteiger partial charge in [0.05, 0.1) is 18.2 Å². The van der Waals surface area contributed by atoms with Crippen molar-refractivity contribution in [3.63, 3.8) is 0 Å². The van der Waals surface area contributed by atoms with Crippen LogP contribution < -0.4 is 5.32 Å². The third-order valence-electron chi connectivity index (χ3n) is 4.42. The van der Waals surface area contributed by atoms with Crippen molar-refractivity contribution in [1.29, 1.82) is 5.26 Å². The lowest BCUT2D eigenvalue weighted by molar-refractivity contribution is -0.123. The van der Waals surface area contributed by atoms with Crippen molar-refractivity contribution in [2.75, 3.05) is 32.7 Å². The van der Waals surface area contributed by atoms with Gasteiger partial charge < -0.3 is 5.32 Å². The van der Waals surface area contributed by atoms with Gasteiger partial charge in [-0.25, -0.2) is 4.39 Å². The first-order chi connectivity index (χ1) is 11.5. The predicted octanol–water partition coefficient (Wildman–Crippen LogP) is 1.73. The minimum absolute atomic E-state index is 0.0607. The van der Waals surface area contributed by atoms with E-state index in [1.165, 1.54) is 12.1 Å². The first kappa shape index (κ1) is 18.4. The molecule has 24 heavy (non-hydrogen) atoms. The molecule has 0 saturated carbocycles. The number of nitrogens with one attached hydrogen (secondary N) is 1. The summed E-state index contributed by atoms with van der Waals surface area (Å²) < 4.78 is 13.9. The van der Waals surface area contributed by atoms with Crippen LogP contribution in [0.5, 0.6) is 0 Å². The summed E-state index contributed by atoms with van der Waals surface area (Å²) in [6.07, 6.45) is 0.923. The number of halogens is 1. The SMILES string of the molecule is CCC(C)NC(=O)CN1CCN(Cc2cc(C#N)ccc2F)CC1. The van der Waals surface area contributed by atoms with Crippen LogP contribution in [0.4, 0.5) is 4.39 Å². The van der Waals surface area contributed by atoms with E-state index in [9.17, 15) is 9.18 Å². The third kappa shape index (κ3) is 5.29. The quantitative estimate of drug-likeness (QED) is 0.862. The van der Waals surface area contributed by atoms with E-state index < -0.39 is 0 Å². The monoisotopic (exact) mass is 332 g/mol. The molecule has 0 aromatic heterocycles. The Bertz CT molecular complexity index is 606. The molecular formula is C18H25FN4O. The fourth-order valence-corrected chi connectivity index (χ4v) is 2.74. The summed E-state index contributed by atoms with van der Waals surface area (Å²) in [6, 6.07) is 6.70. The molecular weight excluding hydrogens is 307 g/mol. The smallest absolute Gasteiger partial charge is 0.234 e. The Hall–Kier alpha value is -1.97.